The Hall–Kier alpha value is 0.130. The van der Waals surface area contributed by atoms with Gasteiger partial charge < -0.3 is 10.6 Å². The van der Waals surface area contributed by atoms with Crippen LogP contribution >= 0.6 is 39.3 Å². The summed E-state index contributed by atoms with van der Waals surface area (Å²) in [5, 5.41) is 7.38. The molecule has 0 spiro atoms. The molecule has 0 saturated carbocycles. The maximum Gasteiger partial charge on any atom is 0.240 e. The summed E-state index contributed by atoms with van der Waals surface area (Å²) in [6.07, 6.45) is 0. The molecule has 0 aromatic rings. The highest BCUT2D eigenvalue weighted by atomic mass is 79.9. The first-order chi connectivity index (χ1) is 5.22. The van der Waals surface area contributed by atoms with Crippen molar-refractivity contribution in [2.75, 3.05) is 5.88 Å². The van der Waals surface area contributed by atoms with Crippen LogP contribution < -0.4 is 10.6 Å². The van der Waals surface area contributed by atoms with Crippen LogP contribution in [-0.2, 0) is 4.79 Å². The summed E-state index contributed by atoms with van der Waals surface area (Å²) in [5.41, 5.74) is 0. The Morgan fingerprint density at radius 2 is 2.73 bits per heavy atom. The summed E-state index contributed by atoms with van der Waals surface area (Å²) in [6, 6.07) is 0. The third-order valence-corrected chi connectivity index (χ3v) is 2.82. The van der Waals surface area contributed by atoms with Gasteiger partial charge in [0.1, 0.15) is 16.0 Å². The van der Waals surface area contributed by atoms with Crippen LogP contribution in [0.3, 0.4) is 0 Å². The van der Waals surface area contributed by atoms with Crippen molar-refractivity contribution in [2.45, 2.75) is 4.28 Å². The van der Waals surface area contributed by atoms with E-state index in [0.29, 0.717) is 5.82 Å². The van der Waals surface area contributed by atoms with Gasteiger partial charge in [0.15, 0.2) is 0 Å². The molecule has 0 bridgehead atoms. The largest absolute Gasteiger partial charge is 0.350 e. The van der Waals surface area contributed by atoms with E-state index >= 15 is 0 Å². The number of thioether (sulfide) groups is 1. The first-order valence-electron chi connectivity index (χ1n) is 2.84. The fraction of sp³-hybridized carbons (Fsp3) is 0.400. The molecule has 3 nitrogen and oxygen atoms in total. The molecule has 1 unspecified atom stereocenters. The minimum atomic E-state index is -0.201. The summed E-state index contributed by atoms with van der Waals surface area (Å²) in [7, 11) is 0. The number of nitrogens with one attached hydrogen (secondary N) is 2. The molecule has 1 aliphatic heterocycles. The molecule has 0 radical (unpaired) electrons. The van der Waals surface area contributed by atoms with Gasteiger partial charge in [-0.15, -0.1) is 11.6 Å². The van der Waals surface area contributed by atoms with Crippen molar-refractivity contribution in [3.63, 3.8) is 0 Å². The van der Waals surface area contributed by atoms with E-state index < -0.39 is 0 Å². The third-order valence-electron chi connectivity index (χ3n) is 0.970. The maximum absolute atomic E-state index is 10.7. The van der Waals surface area contributed by atoms with Gasteiger partial charge in [0.25, 0.3) is 0 Å². The average molecular weight is 258 g/mol. The van der Waals surface area contributed by atoms with E-state index in [0.717, 1.165) is 0 Å². The number of rotatable bonds is 2. The molecule has 6 heteroatoms. The zero-order valence-electron chi connectivity index (χ0n) is 5.43. The van der Waals surface area contributed by atoms with Gasteiger partial charge in [-0.1, -0.05) is 27.7 Å². The topological polar surface area (TPSA) is 41.1 Å². The SMILES string of the molecule is O=C(CCl)NC1=CSC(Br)N1. The van der Waals surface area contributed by atoms with Crippen molar-refractivity contribution in [2.24, 2.45) is 0 Å². The summed E-state index contributed by atoms with van der Waals surface area (Å²) >= 11 is 10.1. The predicted octanol–water partition coefficient (Wildman–Crippen LogP) is 1.16. The Labute approximate surface area is 82.1 Å². The van der Waals surface area contributed by atoms with Crippen LogP contribution in [-0.4, -0.2) is 16.1 Å². The predicted molar refractivity (Wildman–Crippen MR) is 50.4 cm³/mol. The quantitative estimate of drug-likeness (QED) is 0.576. The van der Waals surface area contributed by atoms with Crippen molar-refractivity contribution in [1.82, 2.24) is 10.6 Å². The minimum Gasteiger partial charge on any atom is -0.350 e. The lowest BCUT2D eigenvalue weighted by Gasteiger charge is -2.05. The van der Waals surface area contributed by atoms with E-state index in [1.54, 1.807) is 11.8 Å². The van der Waals surface area contributed by atoms with Crippen molar-refractivity contribution in [3.8, 4) is 0 Å². The van der Waals surface area contributed by atoms with E-state index in [1.807, 2.05) is 5.41 Å². The molecule has 0 aromatic carbocycles. The molecule has 0 aliphatic carbocycles. The fourth-order valence-electron chi connectivity index (χ4n) is 0.567. The Kier molecular flexibility index (Phi) is 3.54. The number of carbonyl (C=O) groups is 1. The van der Waals surface area contributed by atoms with Gasteiger partial charge in [0.05, 0.1) is 0 Å². The van der Waals surface area contributed by atoms with E-state index in [4.69, 9.17) is 11.6 Å². The summed E-state index contributed by atoms with van der Waals surface area (Å²) in [5.74, 6) is 0.478. The first kappa shape index (κ1) is 9.22. The molecule has 1 atom stereocenters. The van der Waals surface area contributed by atoms with Gasteiger partial charge in [-0.25, -0.2) is 0 Å². The van der Waals surface area contributed by atoms with Crippen LogP contribution in [0.1, 0.15) is 0 Å². The van der Waals surface area contributed by atoms with Crippen molar-refractivity contribution in [1.29, 1.82) is 0 Å². The van der Waals surface area contributed by atoms with Gasteiger partial charge in [0.2, 0.25) is 5.91 Å². The second-order valence-electron chi connectivity index (χ2n) is 1.81. The second kappa shape index (κ2) is 4.23. The summed E-state index contributed by atoms with van der Waals surface area (Å²) < 4.78 is 0.146. The van der Waals surface area contributed by atoms with Crippen molar-refractivity contribution < 1.29 is 4.79 Å². The van der Waals surface area contributed by atoms with E-state index in [-0.39, 0.29) is 16.1 Å². The van der Waals surface area contributed by atoms with Gasteiger partial charge >= 0.3 is 0 Å². The Bertz CT molecular complexity index is 199. The molecular weight excluding hydrogens is 251 g/mol. The highest BCUT2D eigenvalue weighted by molar-refractivity contribution is 9.11. The van der Waals surface area contributed by atoms with Gasteiger partial charge in [-0.3, -0.25) is 4.79 Å². The maximum atomic E-state index is 10.7. The van der Waals surface area contributed by atoms with Crippen LogP contribution in [0.25, 0.3) is 0 Å². The summed E-state index contributed by atoms with van der Waals surface area (Å²) in [4.78, 5) is 10.7. The number of halogens is 2. The van der Waals surface area contributed by atoms with Gasteiger partial charge in [-0.2, -0.15) is 0 Å². The number of hydrogen-bond acceptors (Lipinski definition) is 3. The third kappa shape index (κ3) is 2.92. The number of amides is 1. The molecule has 0 fully saturated rings. The fourth-order valence-corrected chi connectivity index (χ4v) is 1.78. The molecule has 0 aromatic heterocycles. The lowest BCUT2D eigenvalue weighted by Crippen LogP contribution is -2.31. The molecule has 2 N–H and O–H groups in total. The van der Waals surface area contributed by atoms with Crippen LogP contribution in [0.5, 0.6) is 0 Å². The lowest BCUT2D eigenvalue weighted by molar-refractivity contribution is -0.118. The Morgan fingerprint density at radius 3 is 3.18 bits per heavy atom. The lowest BCUT2D eigenvalue weighted by atomic mass is 10.6. The minimum absolute atomic E-state index is 0.0172. The van der Waals surface area contributed by atoms with Crippen LogP contribution in [0.4, 0.5) is 0 Å². The van der Waals surface area contributed by atoms with Crippen LogP contribution in [0.2, 0.25) is 0 Å². The van der Waals surface area contributed by atoms with E-state index in [2.05, 4.69) is 26.6 Å². The van der Waals surface area contributed by atoms with E-state index in [1.165, 1.54) is 0 Å². The molecule has 1 heterocycles. The number of alkyl halides is 2. The Balaban J connectivity index is 2.33. The molecule has 1 aliphatic rings. The number of carbonyl (C=O) groups excluding carboxylic acids is 1. The highest BCUT2D eigenvalue weighted by Crippen LogP contribution is 2.23. The molecule has 0 saturated heterocycles. The van der Waals surface area contributed by atoms with E-state index in [9.17, 15) is 4.79 Å². The second-order valence-corrected chi connectivity index (χ2v) is 4.58. The average Bonchev–Trinajstić information content (AvgIpc) is 2.35. The zero-order chi connectivity index (χ0) is 8.27. The molecule has 11 heavy (non-hydrogen) atoms. The molecule has 62 valence electrons. The smallest absolute Gasteiger partial charge is 0.240 e. The molecule has 1 amide bonds. The standard InChI is InChI=1S/C5H6BrClN2OS/c6-5-9-3(2-11-5)8-4(10)1-7/h2,5,9H,1H2,(H,8,10). The highest BCUT2D eigenvalue weighted by Gasteiger charge is 2.13. The first-order valence-corrected chi connectivity index (χ1v) is 5.23. The van der Waals surface area contributed by atoms with Crippen LogP contribution in [0.15, 0.2) is 11.2 Å². The monoisotopic (exact) mass is 256 g/mol. The molecule has 1 rings (SSSR count). The van der Waals surface area contributed by atoms with Crippen molar-refractivity contribution >= 4 is 45.2 Å². The number of hydrogen-bond donors (Lipinski definition) is 2. The zero-order valence-corrected chi connectivity index (χ0v) is 8.59. The van der Waals surface area contributed by atoms with Gasteiger partial charge in [-0.05, 0) is 0 Å². The molecular formula is C5H6BrClN2OS. The van der Waals surface area contributed by atoms with Crippen molar-refractivity contribution in [3.05, 3.63) is 11.2 Å². The Morgan fingerprint density at radius 1 is 2.00 bits per heavy atom. The normalized spacial score (nSPS) is 22.4. The summed E-state index contributed by atoms with van der Waals surface area (Å²) in [6.45, 7) is 0. The van der Waals surface area contributed by atoms with Crippen LogP contribution in [0, 0.1) is 0 Å². The van der Waals surface area contributed by atoms with Gasteiger partial charge in [0, 0.05) is 5.41 Å².